The minimum Gasteiger partial charge on any atom is -0.354 e. The molecule has 4 rings (SSSR count). The molecule has 0 aliphatic carbocycles. The maximum absolute atomic E-state index is 14.1. The van der Waals surface area contributed by atoms with Crippen molar-refractivity contribution in [2.45, 2.75) is 6.92 Å². The predicted octanol–water partition coefficient (Wildman–Crippen LogP) is 4.52. The molecule has 134 valence electrons. The number of benzene rings is 3. The maximum Gasteiger partial charge on any atom is 0.257 e. The van der Waals surface area contributed by atoms with Crippen LogP contribution in [0, 0.1) is 18.6 Å². The number of H-pyrrole nitrogens is 1. The summed E-state index contributed by atoms with van der Waals surface area (Å²) in [4.78, 5) is 28.4. The fourth-order valence-corrected chi connectivity index (χ4v) is 3.11. The highest BCUT2D eigenvalue weighted by atomic mass is 19.1. The summed E-state index contributed by atoms with van der Waals surface area (Å²) in [5.41, 5.74) is 1.54. The van der Waals surface area contributed by atoms with E-state index < -0.39 is 23.0 Å². The average Bonchev–Trinajstić information content (AvgIpc) is 2.62. The Labute approximate surface area is 152 Å². The Hall–Kier alpha value is -3.54. The van der Waals surface area contributed by atoms with Crippen molar-refractivity contribution < 1.29 is 13.6 Å². The van der Waals surface area contributed by atoms with Gasteiger partial charge in [0.25, 0.3) is 5.91 Å². The van der Waals surface area contributed by atoms with Crippen LogP contribution < -0.4 is 10.7 Å². The van der Waals surface area contributed by atoms with E-state index in [-0.39, 0.29) is 21.9 Å². The van der Waals surface area contributed by atoms with Gasteiger partial charge in [-0.3, -0.25) is 9.59 Å². The monoisotopic (exact) mass is 364 g/mol. The summed E-state index contributed by atoms with van der Waals surface area (Å²) >= 11 is 0. The first-order valence-electron chi connectivity index (χ1n) is 8.25. The second-order valence-electron chi connectivity index (χ2n) is 6.34. The van der Waals surface area contributed by atoms with E-state index in [0.717, 1.165) is 23.8 Å². The van der Waals surface area contributed by atoms with Crippen LogP contribution in [0.4, 0.5) is 14.5 Å². The predicted molar refractivity (Wildman–Crippen MR) is 101 cm³/mol. The van der Waals surface area contributed by atoms with Crippen molar-refractivity contribution in [3.63, 3.8) is 0 Å². The average molecular weight is 364 g/mol. The zero-order valence-corrected chi connectivity index (χ0v) is 14.3. The third-order valence-electron chi connectivity index (χ3n) is 4.35. The molecule has 0 aliphatic heterocycles. The van der Waals surface area contributed by atoms with Gasteiger partial charge in [0.1, 0.15) is 11.6 Å². The van der Waals surface area contributed by atoms with Crippen LogP contribution in [0.3, 0.4) is 0 Å². The number of halogens is 2. The molecule has 1 amide bonds. The largest absolute Gasteiger partial charge is 0.354 e. The zero-order chi connectivity index (χ0) is 19.1. The number of aromatic amines is 1. The summed E-state index contributed by atoms with van der Waals surface area (Å²) in [7, 11) is 0. The molecule has 0 unspecified atom stereocenters. The number of aromatic nitrogens is 1. The molecule has 0 saturated carbocycles. The van der Waals surface area contributed by atoms with Gasteiger partial charge in [-0.1, -0.05) is 12.1 Å². The van der Waals surface area contributed by atoms with E-state index in [9.17, 15) is 18.4 Å². The van der Waals surface area contributed by atoms with Crippen LogP contribution >= 0.6 is 0 Å². The van der Waals surface area contributed by atoms with Gasteiger partial charge in [0, 0.05) is 22.0 Å². The fourth-order valence-electron chi connectivity index (χ4n) is 3.11. The molecule has 4 nitrogen and oxygen atoms in total. The Bertz CT molecular complexity index is 1280. The molecular weight excluding hydrogens is 350 g/mol. The van der Waals surface area contributed by atoms with Crippen LogP contribution in [0.25, 0.3) is 21.8 Å². The molecule has 1 heterocycles. The lowest BCUT2D eigenvalue weighted by Gasteiger charge is -2.10. The topological polar surface area (TPSA) is 62.0 Å². The second kappa shape index (κ2) is 6.32. The van der Waals surface area contributed by atoms with E-state index >= 15 is 0 Å². The van der Waals surface area contributed by atoms with Gasteiger partial charge >= 0.3 is 0 Å². The number of hydrogen-bond acceptors (Lipinski definition) is 2. The highest BCUT2D eigenvalue weighted by Gasteiger charge is 2.17. The minimum atomic E-state index is -0.724. The van der Waals surface area contributed by atoms with E-state index in [4.69, 9.17) is 0 Å². The van der Waals surface area contributed by atoms with Gasteiger partial charge in [0.15, 0.2) is 5.43 Å². The molecule has 0 spiro atoms. The van der Waals surface area contributed by atoms with Crippen molar-refractivity contribution in [1.29, 1.82) is 0 Å². The SMILES string of the molecule is Cc1cccc(NC(=O)c2cc(F)cc3c(=O)c4cc(F)ccc4[nH]c23)c1. The van der Waals surface area contributed by atoms with Crippen molar-refractivity contribution in [2.24, 2.45) is 0 Å². The van der Waals surface area contributed by atoms with Crippen molar-refractivity contribution >= 4 is 33.4 Å². The lowest BCUT2D eigenvalue weighted by molar-refractivity contribution is 0.102. The molecule has 0 atom stereocenters. The zero-order valence-electron chi connectivity index (χ0n) is 14.3. The molecule has 6 heteroatoms. The number of nitrogens with one attached hydrogen (secondary N) is 2. The van der Waals surface area contributed by atoms with E-state index in [1.807, 2.05) is 13.0 Å². The Kier molecular flexibility index (Phi) is 3.96. The quantitative estimate of drug-likeness (QED) is 0.514. The molecule has 1 aromatic heterocycles. The van der Waals surface area contributed by atoms with Crippen molar-refractivity contribution in [2.75, 3.05) is 5.32 Å². The highest BCUT2D eigenvalue weighted by Crippen LogP contribution is 2.22. The number of pyridine rings is 1. The number of fused-ring (bicyclic) bond motifs is 2. The summed E-state index contributed by atoms with van der Waals surface area (Å²) in [5.74, 6) is -1.85. The van der Waals surface area contributed by atoms with E-state index in [0.29, 0.717) is 11.2 Å². The van der Waals surface area contributed by atoms with Gasteiger partial charge in [-0.2, -0.15) is 0 Å². The Morgan fingerprint density at radius 1 is 0.963 bits per heavy atom. The van der Waals surface area contributed by atoms with Crippen LogP contribution in [0.5, 0.6) is 0 Å². The summed E-state index contributed by atoms with van der Waals surface area (Å²) in [6.07, 6.45) is 0. The fraction of sp³-hybridized carbons (Fsp3) is 0.0476. The van der Waals surface area contributed by atoms with Crippen molar-refractivity contribution in [1.82, 2.24) is 4.98 Å². The number of carbonyl (C=O) groups is 1. The van der Waals surface area contributed by atoms with Crippen molar-refractivity contribution in [3.8, 4) is 0 Å². The number of rotatable bonds is 2. The minimum absolute atomic E-state index is 0.00479. The van der Waals surface area contributed by atoms with Gasteiger partial charge in [-0.05, 0) is 55.0 Å². The smallest absolute Gasteiger partial charge is 0.257 e. The molecule has 0 saturated heterocycles. The van der Waals surface area contributed by atoms with Gasteiger partial charge in [-0.15, -0.1) is 0 Å². The van der Waals surface area contributed by atoms with Gasteiger partial charge in [0.05, 0.1) is 11.1 Å². The Balaban J connectivity index is 1.92. The third kappa shape index (κ3) is 3.06. The molecule has 4 aromatic rings. The number of aryl methyl sites for hydroxylation is 1. The number of hydrogen-bond donors (Lipinski definition) is 2. The molecule has 0 aliphatic rings. The Morgan fingerprint density at radius 2 is 1.74 bits per heavy atom. The van der Waals surface area contributed by atoms with E-state index in [1.165, 1.54) is 12.1 Å². The van der Waals surface area contributed by atoms with Gasteiger partial charge in [-0.25, -0.2) is 8.78 Å². The van der Waals surface area contributed by atoms with Crippen LogP contribution in [-0.4, -0.2) is 10.9 Å². The number of amides is 1. The second-order valence-corrected chi connectivity index (χ2v) is 6.34. The maximum atomic E-state index is 14.1. The summed E-state index contributed by atoms with van der Waals surface area (Å²) in [6.45, 7) is 1.88. The highest BCUT2D eigenvalue weighted by molar-refractivity contribution is 6.13. The van der Waals surface area contributed by atoms with Crippen LogP contribution in [-0.2, 0) is 0 Å². The third-order valence-corrected chi connectivity index (χ3v) is 4.35. The molecular formula is C21H14F2N2O2. The summed E-state index contributed by atoms with van der Waals surface area (Å²) in [5, 5.41) is 2.79. The van der Waals surface area contributed by atoms with Crippen molar-refractivity contribution in [3.05, 3.63) is 87.6 Å². The lowest BCUT2D eigenvalue weighted by Crippen LogP contribution is -2.15. The van der Waals surface area contributed by atoms with Gasteiger partial charge < -0.3 is 10.3 Å². The van der Waals surface area contributed by atoms with Crippen LogP contribution in [0.15, 0.2) is 59.4 Å². The molecule has 0 radical (unpaired) electrons. The lowest BCUT2D eigenvalue weighted by atomic mass is 10.0. The van der Waals surface area contributed by atoms with E-state index in [1.54, 1.807) is 18.2 Å². The molecule has 2 N–H and O–H groups in total. The standard InChI is InChI=1S/C21H14F2N2O2/c1-11-3-2-4-14(7-11)24-21(27)17-10-13(23)9-16-19(17)25-18-6-5-12(22)8-15(18)20(16)26/h2-10H,1H3,(H,24,27)(H,25,26). The first kappa shape index (κ1) is 16.9. The Morgan fingerprint density at radius 3 is 2.52 bits per heavy atom. The summed E-state index contributed by atoms with van der Waals surface area (Å²) < 4.78 is 27.6. The van der Waals surface area contributed by atoms with Gasteiger partial charge in [0.2, 0.25) is 0 Å². The molecule has 3 aromatic carbocycles. The first-order valence-corrected chi connectivity index (χ1v) is 8.25. The van der Waals surface area contributed by atoms with Crippen LogP contribution in [0.2, 0.25) is 0 Å². The van der Waals surface area contributed by atoms with E-state index in [2.05, 4.69) is 10.3 Å². The first-order chi connectivity index (χ1) is 12.9. The molecule has 0 fully saturated rings. The molecule has 27 heavy (non-hydrogen) atoms. The number of carbonyl (C=O) groups excluding carboxylic acids is 1. The normalized spacial score (nSPS) is 11.1. The molecule has 0 bridgehead atoms. The number of anilines is 1. The van der Waals surface area contributed by atoms with Crippen LogP contribution in [0.1, 0.15) is 15.9 Å². The summed E-state index contributed by atoms with van der Waals surface area (Å²) in [6, 6.07) is 13.0.